The molecular weight excluding hydrogens is 337 g/mol. The van der Waals surface area contributed by atoms with E-state index in [0.717, 1.165) is 5.56 Å². The van der Waals surface area contributed by atoms with Crippen LogP contribution in [0.1, 0.15) is 36.6 Å². The van der Waals surface area contributed by atoms with Crippen LogP contribution in [0, 0.1) is 17.1 Å². The Hall–Kier alpha value is -2.65. The Bertz CT molecular complexity index is 906. The molecule has 25 heavy (non-hydrogen) atoms. The number of carbonyl (C=O) groups is 1. The number of nitrogens with zero attached hydrogens (tertiary/aromatic N) is 2. The van der Waals surface area contributed by atoms with Gasteiger partial charge in [0, 0.05) is 5.56 Å². The summed E-state index contributed by atoms with van der Waals surface area (Å²) >= 11 is 1.28. The molecule has 0 saturated carbocycles. The summed E-state index contributed by atoms with van der Waals surface area (Å²) in [5, 5.41) is 12.3. The second-order valence-corrected chi connectivity index (χ2v) is 7.32. The van der Waals surface area contributed by atoms with Gasteiger partial charge in [0.15, 0.2) is 5.17 Å². The number of benzene rings is 2. The standard InChI is InChI=1S/C19H16FN3OS/c1-12(15-8-3-4-9-16(15)20)22-18-23-17(24)19(2,25-18)14-7-5-6-13(10-14)11-21/h3-10,12H,1-2H3,(H,22,23,24)/t12-,19?/m0/s1. The molecule has 1 N–H and O–H groups in total. The molecule has 1 heterocycles. The van der Waals surface area contributed by atoms with Crippen molar-refractivity contribution in [2.75, 3.05) is 0 Å². The molecule has 0 bridgehead atoms. The number of thioether (sulfide) groups is 1. The van der Waals surface area contributed by atoms with E-state index in [2.05, 4.69) is 16.4 Å². The predicted molar refractivity (Wildman–Crippen MR) is 96.5 cm³/mol. The first-order valence-corrected chi connectivity index (χ1v) is 8.59. The largest absolute Gasteiger partial charge is 0.304 e. The highest BCUT2D eigenvalue weighted by molar-refractivity contribution is 8.15. The first-order chi connectivity index (χ1) is 11.9. The molecule has 1 unspecified atom stereocenters. The lowest BCUT2D eigenvalue weighted by molar-refractivity contribution is -0.121. The van der Waals surface area contributed by atoms with E-state index in [4.69, 9.17) is 5.26 Å². The lowest BCUT2D eigenvalue weighted by atomic mass is 9.97. The van der Waals surface area contributed by atoms with Gasteiger partial charge in [0.1, 0.15) is 10.6 Å². The maximum atomic E-state index is 13.9. The van der Waals surface area contributed by atoms with Gasteiger partial charge in [-0.05, 0) is 37.6 Å². The fourth-order valence-electron chi connectivity index (χ4n) is 2.68. The SMILES string of the molecule is C[C@H](N=C1NC(=O)C(C)(c2cccc(C#N)c2)S1)c1ccccc1F. The van der Waals surface area contributed by atoms with Gasteiger partial charge in [0.05, 0.1) is 17.7 Å². The summed E-state index contributed by atoms with van der Waals surface area (Å²) in [6.45, 7) is 3.57. The van der Waals surface area contributed by atoms with E-state index in [1.54, 1.807) is 50.2 Å². The van der Waals surface area contributed by atoms with Crippen molar-refractivity contribution in [3.8, 4) is 6.07 Å². The molecule has 0 spiro atoms. The minimum absolute atomic E-state index is 0.202. The number of amidine groups is 1. The average molecular weight is 353 g/mol. The Morgan fingerprint density at radius 3 is 2.76 bits per heavy atom. The summed E-state index contributed by atoms with van der Waals surface area (Å²) < 4.78 is 13.0. The maximum absolute atomic E-state index is 13.9. The van der Waals surface area contributed by atoms with Gasteiger partial charge >= 0.3 is 0 Å². The summed E-state index contributed by atoms with van der Waals surface area (Å²) in [7, 11) is 0. The summed E-state index contributed by atoms with van der Waals surface area (Å²) in [6.07, 6.45) is 0. The third-order valence-electron chi connectivity index (χ3n) is 4.16. The Morgan fingerprint density at radius 1 is 1.28 bits per heavy atom. The van der Waals surface area contributed by atoms with E-state index in [1.165, 1.54) is 17.8 Å². The second kappa shape index (κ2) is 6.69. The van der Waals surface area contributed by atoms with Gasteiger partial charge in [-0.25, -0.2) is 4.39 Å². The molecule has 1 amide bonds. The van der Waals surface area contributed by atoms with Crippen LogP contribution in [-0.4, -0.2) is 11.1 Å². The predicted octanol–water partition coefficient (Wildman–Crippen LogP) is 3.89. The zero-order valence-electron chi connectivity index (χ0n) is 13.8. The van der Waals surface area contributed by atoms with Crippen LogP contribution in [0.25, 0.3) is 0 Å². The molecule has 0 aromatic heterocycles. The smallest absolute Gasteiger partial charge is 0.246 e. The van der Waals surface area contributed by atoms with E-state index in [0.29, 0.717) is 16.3 Å². The number of nitrogens with one attached hydrogen (secondary N) is 1. The van der Waals surface area contributed by atoms with E-state index in [9.17, 15) is 9.18 Å². The first kappa shape index (κ1) is 17.2. The van der Waals surface area contributed by atoms with Gasteiger partial charge in [-0.3, -0.25) is 9.79 Å². The van der Waals surface area contributed by atoms with Crippen LogP contribution < -0.4 is 5.32 Å². The van der Waals surface area contributed by atoms with Gasteiger partial charge in [0.25, 0.3) is 0 Å². The summed E-state index contributed by atoms with van der Waals surface area (Å²) in [6, 6.07) is 15.1. The fourth-order valence-corrected chi connectivity index (χ4v) is 3.80. The number of hydrogen-bond donors (Lipinski definition) is 1. The molecule has 3 rings (SSSR count). The van der Waals surface area contributed by atoms with Crippen LogP contribution in [0.5, 0.6) is 0 Å². The Kier molecular flexibility index (Phi) is 4.60. The molecule has 2 atom stereocenters. The van der Waals surface area contributed by atoms with Crippen LogP contribution in [0.3, 0.4) is 0 Å². The quantitative estimate of drug-likeness (QED) is 0.910. The van der Waals surface area contributed by atoms with E-state index >= 15 is 0 Å². The molecule has 0 radical (unpaired) electrons. The third kappa shape index (κ3) is 3.28. The third-order valence-corrected chi connectivity index (χ3v) is 5.39. The van der Waals surface area contributed by atoms with Crippen molar-refractivity contribution < 1.29 is 9.18 Å². The van der Waals surface area contributed by atoms with Crippen molar-refractivity contribution >= 4 is 22.8 Å². The molecule has 0 aliphatic carbocycles. The number of aliphatic imine (C=N–C) groups is 1. The van der Waals surface area contributed by atoms with Crippen LogP contribution in [-0.2, 0) is 9.54 Å². The van der Waals surface area contributed by atoms with Gasteiger partial charge < -0.3 is 5.32 Å². The molecule has 2 aromatic carbocycles. The highest BCUT2D eigenvalue weighted by atomic mass is 32.2. The highest BCUT2D eigenvalue weighted by Crippen LogP contribution is 2.42. The van der Waals surface area contributed by atoms with Gasteiger partial charge in [-0.2, -0.15) is 5.26 Å². The summed E-state index contributed by atoms with van der Waals surface area (Å²) in [5.74, 6) is -0.523. The monoisotopic (exact) mass is 353 g/mol. The van der Waals surface area contributed by atoms with Crippen molar-refractivity contribution in [2.45, 2.75) is 24.6 Å². The minimum atomic E-state index is -0.874. The molecule has 126 valence electrons. The lowest BCUT2D eigenvalue weighted by Crippen LogP contribution is -2.31. The van der Waals surface area contributed by atoms with Gasteiger partial charge in [0.2, 0.25) is 5.91 Å². The van der Waals surface area contributed by atoms with Crippen LogP contribution in [0.4, 0.5) is 4.39 Å². The van der Waals surface area contributed by atoms with Crippen molar-refractivity contribution in [1.82, 2.24) is 5.32 Å². The summed E-state index contributed by atoms with van der Waals surface area (Å²) in [4.78, 5) is 17.0. The van der Waals surface area contributed by atoms with E-state index in [1.807, 2.05) is 6.07 Å². The van der Waals surface area contributed by atoms with Crippen molar-refractivity contribution in [1.29, 1.82) is 5.26 Å². The Balaban J connectivity index is 1.89. The van der Waals surface area contributed by atoms with Crippen LogP contribution in [0.15, 0.2) is 53.5 Å². The molecular formula is C19H16FN3OS. The molecule has 1 aliphatic heterocycles. The fraction of sp³-hybridized carbons (Fsp3) is 0.211. The van der Waals surface area contributed by atoms with Crippen molar-refractivity contribution in [3.63, 3.8) is 0 Å². The van der Waals surface area contributed by atoms with E-state index in [-0.39, 0.29) is 11.7 Å². The van der Waals surface area contributed by atoms with Crippen molar-refractivity contribution in [2.24, 2.45) is 4.99 Å². The first-order valence-electron chi connectivity index (χ1n) is 7.77. The maximum Gasteiger partial charge on any atom is 0.246 e. The normalized spacial score (nSPS) is 22.5. The molecule has 1 saturated heterocycles. The number of nitriles is 1. The van der Waals surface area contributed by atoms with Gasteiger partial charge in [-0.15, -0.1) is 0 Å². The zero-order chi connectivity index (χ0) is 18.0. The number of amides is 1. The molecule has 2 aromatic rings. The molecule has 1 fully saturated rings. The Morgan fingerprint density at radius 2 is 2.04 bits per heavy atom. The number of hydrogen-bond acceptors (Lipinski definition) is 4. The number of carbonyl (C=O) groups excluding carboxylic acids is 1. The Labute approximate surface area is 149 Å². The second-order valence-electron chi connectivity index (χ2n) is 5.91. The van der Waals surface area contributed by atoms with Gasteiger partial charge in [-0.1, -0.05) is 42.1 Å². The molecule has 4 nitrogen and oxygen atoms in total. The summed E-state index contributed by atoms with van der Waals surface area (Å²) in [5.41, 5.74) is 1.71. The average Bonchev–Trinajstić information content (AvgIpc) is 2.90. The minimum Gasteiger partial charge on any atom is -0.304 e. The lowest BCUT2D eigenvalue weighted by Gasteiger charge is -2.19. The molecule has 6 heteroatoms. The number of rotatable bonds is 3. The van der Waals surface area contributed by atoms with Crippen molar-refractivity contribution in [3.05, 3.63) is 71.0 Å². The topological polar surface area (TPSA) is 65.2 Å². The van der Waals surface area contributed by atoms with Crippen LogP contribution >= 0.6 is 11.8 Å². The number of halogens is 1. The van der Waals surface area contributed by atoms with E-state index < -0.39 is 10.8 Å². The zero-order valence-corrected chi connectivity index (χ0v) is 14.6. The highest BCUT2D eigenvalue weighted by Gasteiger charge is 2.44. The molecule has 1 aliphatic rings. The van der Waals surface area contributed by atoms with Crippen LogP contribution in [0.2, 0.25) is 0 Å².